The molecule has 2 aromatic carbocycles. The molecule has 3 aromatic rings. The van der Waals surface area contributed by atoms with Gasteiger partial charge in [-0.25, -0.2) is 0 Å². The van der Waals surface area contributed by atoms with Crippen molar-refractivity contribution in [1.82, 2.24) is 10.2 Å². The van der Waals surface area contributed by atoms with Crippen molar-refractivity contribution in [3.05, 3.63) is 76.6 Å². The Morgan fingerprint density at radius 3 is 2.70 bits per heavy atom. The van der Waals surface area contributed by atoms with Crippen LogP contribution in [-0.2, 0) is 11.2 Å². The first-order valence-corrected chi connectivity index (χ1v) is 9.78. The van der Waals surface area contributed by atoms with Crippen LogP contribution in [0, 0.1) is 0 Å². The summed E-state index contributed by atoms with van der Waals surface area (Å²) in [5.41, 5.74) is 1.82. The van der Waals surface area contributed by atoms with Crippen LogP contribution in [0.1, 0.15) is 23.9 Å². The van der Waals surface area contributed by atoms with Gasteiger partial charge in [-0.2, -0.15) is 0 Å². The van der Waals surface area contributed by atoms with Gasteiger partial charge >= 0.3 is 6.01 Å². The molecule has 0 atom stereocenters. The molecular formula is C20H18ClN3O2S. The molecule has 0 aliphatic heterocycles. The van der Waals surface area contributed by atoms with E-state index in [2.05, 4.69) is 34.6 Å². The Morgan fingerprint density at radius 2 is 1.96 bits per heavy atom. The number of nitrogens with zero attached hydrogens (tertiary/aromatic N) is 2. The normalized spacial score (nSPS) is 11.0. The Kier molecular flexibility index (Phi) is 6.68. The number of benzene rings is 2. The number of halogens is 1. The van der Waals surface area contributed by atoms with Gasteiger partial charge in [0.2, 0.25) is 5.89 Å². The fourth-order valence-electron chi connectivity index (χ4n) is 2.34. The Bertz CT molecular complexity index is 938. The van der Waals surface area contributed by atoms with E-state index in [9.17, 15) is 4.79 Å². The van der Waals surface area contributed by atoms with E-state index in [4.69, 9.17) is 16.0 Å². The quantitative estimate of drug-likeness (QED) is 0.443. The molecule has 0 radical (unpaired) electrons. The molecule has 1 aromatic heterocycles. The average Bonchev–Trinajstić information content (AvgIpc) is 3.09. The van der Waals surface area contributed by atoms with Gasteiger partial charge in [0.25, 0.3) is 5.91 Å². The minimum absolute atomic E-state index is 0.0666. The number of hydrogen-bond donors (Lipinski definition) is 1. The van der Waals surface area contributed by atoms with Gasteiger partial charge in [-0.05, 0) is 41.2 Å². The molecule has 1 N–H and O–H groups in total. The topological polar surface area (TPSA) is 68.0 Å². The number of nitrogens with one attached hydrogen (secondary N) is 1. The molecule has 138 valence electrons. The van der Waals surface area contributed by atoms with Crippen molar-refractivity contribution in [2.45, 2.75) is 18.2 Å². The van der Waals surface area contributed by atoms with Gasteiger partial charge < -0.3 is 4.42 Å². The maximum Gasteiger partial charge on any atom is 0.322 e. The number of rotatable bonds is 7. The molecule has 0 saturated carbocycles. The summed E-state index contributed by atoms with van der Waals surface area (Å²) in [4.78, 5) is 13.2. The van der Waals surface area contributed by atoms with Gasteiger partial charge in [-0.1, -0.05) is 54.0 Å². The van der Waals surface area contributed by atoms with Crippen molar-refractivity contribution in [2.75, 3.05) is 11.1 Å². The first-order chi connectivity index (χ1) is 13.1. The number of anilines is 1. The Morgan fingerprint density at radius 1 is 1.19 bits per heavy atom. The Labute approximate surface area is 166 Å². The lowest BCUT2D eigenvalue weighted by atomic mass is 10.1. The highest BCUT2D eigenvalue weighted by atomic mass is 35.5. The second-order valence-corrected chi connectivity index (χ2v) is 7.34. The third-order valence-electron chi connectivity index (χ3n) is 3.61. The standard InChI is InChI=1S/C20H18ClN3O2S/c1-2-27-16-10-7-14(8-11-16)13-19-23-24-20(26-19)22-18(25)12-9-15-5-3-4-6-17(15)21/h3-12H,2,13H2,1H3,(H,22,24,25)/b12-9+. The molecule has 0 fully saturated rings. The summed E-state index contributed by atoms with van der Waals surface area (Å²) in [7, 11) is 0. The SMILES string of the molecule is CCSc1ccc(Cc2nnc(NC(=O)/C=C/c3ccccc3Cl)o2)cc1. The number of aromatic nitrogens is 2. The molecule has 27 heavy (non-hydrogen) atoms. The lowest BCUT2D eigenvalue weighted by Gasteiger charge is -2.00. The van der Waals surface area contributed by atoms with E-state index in [1.165, 1.54) is 11.0 Å². The highest BCUT2D eigenvalue weighted by Gasteiger charge is 2.09. The van der Waals surface area contributed by atoms with Gasteiger partial charge in [0.15, 0.2) is 0 Å². The van der Waals surface area contributed by atoms with E-state index in [1.807, 2.05) is 30.3 Å². The summed E-state index contributed by atoms with van der Waals surface area (Å²) in [5, 5.41) is 11.0. The molecule has 5 nitrogen and oxygen atoms in total. The van der Waals surface area contributed by atoms with E-state index in [-0.39, 0.29) is 11.9 Å². The van der Waals surface area contributed by atoms with Gasteiger partial charge in [-0.15, -0.1) is 16.9 Å². The van der Waals surface area contributed by atoms with Crippen LogP contribution in [0.3, 0.4) is 0 Å². The van der Waals surface area contributed by atoms with Gasteiger partial charge in [0.05, 0.1) is 6.42 Å². The molecule has 1 amide bonds. The zero-order valence-electron chi connectivity index (χ0n) is 14.7. The monoisotopic (exact) mass is 399 g/mol. The van der Waals surface area contributed by atoms with Gasteiger partial charge in [-0.3, -0.25) is 10.1 Å². The van der Waals surface area contributed by atoms with E-state index >= 15 is 0 Å². The number of hydrogen-bond acceptors (Lipinski definition) is 5. The van der Waals surface area contributed by atoms with Crippen molar-refractivity contribution in [1.29, 1.82) is 0 Å². The zero-order valence-corrected chi connectivity index (χ0v) is 16.3. The molecule has 1 heterocycles. The van der Waals surface area contributed by atoms with Crippen molar-refractivity contribution in [3.8, 4) is 0 Å². The van der Waals surface area contributed by atoms with Crippen LogP contribution in [0.4, 0.5) is 6.01 Å². The van der Waals surface area contributed by atoms with Crippen LogP contribution >= 0.6 is 23.4 Å². The van der Waals surface area contributed by atoms with Crippen molar-refractivity contribution >= 4 is 41.4 Å². The maximum atomic E-state index is 12.0. The molecule has 0 aliphatic rings. The fraction of sp³-hybridized carbons (Fsp3) is 0.150. The van der Waals surface area contributed by atoms with E-state index in [0.717, 1.165) is 16.9 Å². The molecule has 0 saturated heterocycles. The lowest BCUT2D eigenvalue weighted by Crippen LogP contribution is -2.07. The zero-order chi connectivity index (χ0) is 19.1. The van der Waals surface area contributed by atoms with Gasteiger partial charge in [0, 0.05) is 16.0 Å². The summed E-state index contributed by atoms with van der Waals surface area (Å²) in [6, 6.07) is 15.5. The minimum atomic E-state index is -0.369. The molecule has 3 rings (SSSR count). The van der Waals surface area contributed by atoms with Crippen molar-refractivity contribution < 1.29 is 9.21 Å². The van der Waals surface area contributed by atoms with E-state index in [0.29, 0.717) is 17.3 Å². The van der Waals surface area contributed by atoms with Crippen LogP contribution in [0.15, 0.2) is 63.9 Å². The third kappa shape index (κ3) is 5.70. The minimum Gasteiger partial charge on any atom is -0.407 e. The summed E-state index contributed by atoms with van der Waals surface area (Å²) < 4.78 is 5.49. The summed E-state index contributed by atoms with van der Waals surface area (Å²) in [6.07, 6.45) is 3.51. The maximum absolute atomic E-state index is 12.0. The summed E-state index contributed by atoms with van der Waals surface area (Å²) in [6.45, 7) is 2.12. The Hall–Kier alpha value is -2.57. The lowest BCUT2D eigenvalue weighted by molar-refractivity contribution is -0.112. The predicted molar refractivity (Wildman–Crippen MR) is 109 cm³/mol. The summed E-state index contributed by atoms with van der Waals surface area (Å²) in [5.74, 6) is 1.11. The van der Waals surface area contributed by atoms with Gasteiger partial charge in [0.1, 0.15) is 0 Å². The van der Waals surface area contributed by atoms with E-state index in [1.54, 1.807) is 23.9 Å². The number of amides is 1. The number of carbonyl (C=O) groups excluding carboxylic acids is 1. The van der Waals surface area contributed by atoms with Crippen LogP contribution in [0.25, 0.3) is 6.08 Å². The van der Waals surface area contributed by atoms with Crippen LogP contribution < -0.4 is 5.32 Å². The van der Waals surface area contributed by atoms with Crippen LogP contribution in [0.2, 0.25) is 5.02 Å². The molecule has 0 bridgehead atoms. The van der Waals surface area contributed by atoms with Crippen LogP contribution in [-0.4, -0.2) is 21.9 Å². The molecule has 0 unspecified atom stereocenters. The number of carbonyl (C=O) groups is 1. The first kappa shape index (κ1) is 19.2. The van der Waals surface area contributed by atoms with Crippen molar-refractivity contribution in [2.24, 2.45) is 0 Å². The van der Waals surface area contributed by atoms with Crippen molar-refractivity contribution in [3.63, 3.8) is 0 Å². The fourth-order valence-corrected chi connectivity index (χ4v) is 3.20. The second-order valence-electron chi connectivity index (χ2n) is 5.60. The predicted octanol–water partition coefficient (Wildman–Crippen LogP) is 5.08. The highest BCUT2D eigenvalue weighted by molar-refractivity contribution is 7.99. The molecule has 0 aliphatic carbocycles. The summed E-state index contributed by atoms with van der Waals surface area (Å²) >= 11 is 7.84. The van der Waals surface area contributed by atoms with Crippen LogP contribution in [0.5, 0.6) is 0 Å². The van der Waals surface area contributed by atoms with E-state index < -0.39 is 0 Å². The Balaban J connectivity index is 1.57. The smallest absolute Gasteiger partial charge is 0.322 e. The highest BCUT2D eigenvalue weighted by Crippen LogP contribution is 2.19. The molecule has 7 heteroatoms. The third-order valence-corrected chi connectivity index (χ3v) is 4.84. The second kappa shape index (κ2) is 9.39. The number of thioether (sulfide) groups is 1. The largest absolute Gasteiger partial charge is 0.407 e. The molecular weight excluding hydrogens is 382 g/mol. The molecule has 0 spiro atoms. The first-order valence-electron chi connectivity index (χ1n) is 8.41. The average molecular weight is 400 g/mol.